The summed E-state index contributed by atoms with van der Waals surface area (Å²) in [6, 6.07) is -4.61. The first-order valence-corrected chi connectivity index (χ1v) is 13.2. The van der Waals surface area contributed by atoms with Crippen molar-refractivity contribution in [3.8, 4) is 0 Å². The van der Waals surface area contributed by atoms with Gasteiger partial charge < -0.3 is 50.9 Å². The summed E-state index contributed by atoms with van der Waals surface area (Å²) < 4.78 is 0. The zero-order chi connectivity index (χ0) is 27.7. The fraction of sp³-hybridized carbons (Fsp3) is 0.700. The molecule has 0 rings (SSSR count). The maximum atomic E-state index is 12.3. The second kappa shape index (κ2) is 29.2. The van der Waals surface area contributed by atoms with Gasteiger partial charge in [0.15, 0.2) is 0 Å². The summed E-state index contributed by atoms with van der Waals surface area (Å²) in [6.45, 7) is -1.32. The van der Waals surface area contributed by atoms with Crippen LogP contribution < -0.4 is 21.3 Å². The molecule has 0 aliphatic rings. The molecule has 0 saturated carbocycles. The third-order valence-electron chi connectivity index (χ3n) is 4.06. The fourth-order valence-corrected chi connectivity index (χ4v) is 4.59. The van der Waals surface area contributed by atoms with Crippen molar-refractivity contribution in [2.75, 3.05) is 66.0 Å². The van der Waals surface area contributed by atoms with Crippen LogP contribution in [0.4, 0.5) is 0 Å². The van der Waals surface area contributed by atoms with Crippen molar-refractivity contribution in [3.63, 3.8) is 0 Å². The van der Waals surface area contributed by atoms with Gasteiger partial charge in [0.1, 0.15) is 12.1 Å². The molecular formula is C20H34B2N6O8S2Y2-2. The zero-order valence-electron chi connectivity index (χ0n) is 22.9. The van der Waals surface area contributed by atoms with E-state index in [4.69, 9.17) is 0 Å². The molecule has 4 atom stereocenters. The van der Waals surface area contributed by atoms with Crippen LogP contribution in [0.25, 0.3) is 0 Å². The Balaban J connectivity index is -0.00000102. The van der Waals surface area contributed by atoms with Gasteiger partial charge in [-0.1, -0.05) is 33.7 Å². The number of hydrogen-bond donors (Lipinski definition) is 6. The maximum Gasteiger partial charge on any atom is 0.243 e. The number of likely N-dealkylation sites (N-methyl/N-ethyl adjacent to an activating group) is 2. The predicted molar refractivity (Wildman–Crippen MR) is 147 cm³/mol. The van der Waals surface area contributed by atoms with Gasteiger partial charge in [-0.2, -0.15) is 0 Å². The molecule has 20 heteroatoms. The van der Waals surface area contributed by atoms with Gasteiger partial charge in [0.25, 0.3) is 0 Å². The Morgan fingerprint density at radius 2 is 0.975 bits per heavy atom. The van der Waals surface area contributed by atoms with Crippen molar-refractivity contribution >= 4 is 74.6 Å². The summed E-state index contributed by atoms with van der Waals surface area (Å²) in [4.78, 5) is 73.7. The Bertz CT molecular complexity index is 706. The Kier molecular flexibility index (Phi) is 36.3. The molecule has 0 unspecified atom stereocenters. The summed E-state index contributed by atoms with van der Waals surface area (Å²) in [5, 5.41) is 28.2. The van der Waals surface area contributed by atoms with Crippen LogP contribution >= 0.6 is 21.6 Å². The van der Waals surface area contributed by atoms with Crippen molar-refractivity contribution < 1.29 is 104 Å². The number of amides is 4. The standard InChI is InChI=1S/C20H34N6O8S2.2B.2Y/c1-25(2)5-17(31)23-15(9-29)19(33)21-13(7-27)11-35-36-12-14(8-28)22-20(34)16(10-30)24-18(32)6-26(3)4;;;;/h13-16,29-30H,5-6,9-12H2,1-4H3,(H,21,33)(H,22,34)(H,23,31)(H,24,32);;;;/q-2;;;;/t13-,14+,15+,16-;;;;. The van der Waals surface area contributed by atoms with Crippen molar-refractivity contribution in [2.45, 2.75) is 24.2 Å². The Hall–Kier alpha value is 0.0977. The second-order valence-electron chi connectivity index (χ2n) is 8.01. The van der Waals surface area contributed by atoms with Crippen LogP contribution in [0.1, 0.15) is 0 Å². The van der Waals surface area contributed by atoms with Crippen LogP contribution in [0.15, 0.2) is 0 Å². The summed E-state index contributed by atoms with van der Waals surface area (Å²) in [5.41, 5.74) is 0. The topological polar surface area (TPSA) is 197 Å². The van der Waals surface area contributed by atoms with Gasteiger partial charge in [-0.15, -0.1) is 0 Å². The van der Waals surface area contributed by atoms with Crippen LogP contribution in [0.3, 0.4) is 0 Å². The normalized spacial score (nSPS) is 12.9. The largest absolute Gasteiger partial charge is 0.540 e. The molecule has 8 radical (unpaired) electrons. The first-order chi connectivity index (χ1) is 17.0. The molecule has 0 spiro atoms. The van der Waals surface area contributed by atoms with Gasteiger partial charge in [0.2, 0.25) is 23.6 Å². The van der Waals surface area contributed by atoms with E-state index in [0.29, 0.717) is 0 Å². The minimum absolute atomic E-state index is 0. The van der Waals surface area contributed by atoms with Crippen LogP contribution in [-0.2, 0) is 94.2 Å². The average Bonchev–Trinajstić information content (AvgIpc) is 2.80. The smallest absolute Gasteiger partial charge is 0.243 e. The van der Waals surface area contributed by atoms with E-state index in [1.807, 2.05) is 0 Å². The third-order valence-corrected chi connectivity index (χ3v) is 6.48. The van der Waals surface area contributed by atoms with E-state index in [9.17, 15) is 39.0 Å². The van der Waals surface area contributed by atoms with Crippen molar-refractivity contribution in [2.24, 2.45) is 0 Å². The molecule has 218 valence electrons. The van der Waals surface area contributed by atoms with Gasteiger partial charge in [0, 0.05) is 82.2 Å². The molecule has 0 fully saturated rings. The van der Waals surface area contributed by atoms with E-state index in [0.717, 1.165) is 21.6 Å². The quantitative estimate of drug-likeness (QED) is 0.0319. The Morgan fingerprint density at radius 3 is 1.20 bits per heavy atom. The number of aliphatic hydroxyl groups is 2. The predicted octanol–water partition coefficient (Wildman–Crippen LogP) is -5.13. The molecule has 0 bridgehead atoms. The summed E-state index contributed by atoms with van der Waals surface area (Å²) in [5.74, 6) is -2.40. The fourth-order valence-electron chi connectivity index (χ4n) is 2.43. The molecule has 0 saturated heterocycles. The van der Waals surface area contributed by atoms with Crippen molar-refractivity contribution in [1.82, 2.24) is 31.1 Å². The molecule has 0 aromatic heterocycles. The van der Waals surface area contributed by atoms with Gasteiger partial charge in [-0.05, 0) is 39.7 Å². The van der Waals surface area contributed by atoms with E-state index in [1.54, 1.807) is 50.6 Å². The van der Waals surface area contributed by atoms with Gasteiger partial charge >= 0.3 is 0 Å². The van der Waals surface area contributed by atoms with Gasteiger partial charge in [-0.25, -0.2) is 12.6 Å². The van der Waals surface area contributed by atoms with E-state index < -0.39 is 61.0 Å². The van der Waals surface area contributed by atoms with Gasteiger partial charge in [-0.3, -0.25) is 19.2 Å². The zero-order valence-corrected chi connectivity index (χ0v) is 30.2. The summed E-state index contributed by atoms with van der Waals surface area (Å²) >= 11 is 0. The van der Waals surface area contributed by atoms with Crippen LogP contribution in [0.2, 0.25) is 0 Å². The number of carbonyl (C=O) groups is 4. The Morgan fingerprint density at radius 1 is 0.675 bits per heavy atom. The first-order valence-electron chi connectivity index (χ1n) is 10.7. The van der Waals surface area contributed by atoms with E-state index in [2.05, 4.69) is 21.3 Å². The number of rotatable bonds is 19. The minimum Gasteiger partial charge on any atom is -0.540 e. The minimum atomic E-state index is -1.24. The molecule has 6 N–H and O–H groups in total. The average molecular weight is 750 g/mol. The molecule has 0 heterocycles. The number of nitrogens with zero attached hydrogens (tertiary/aromatic N) is 2. The maximum absolute atomic E-state index is 12.3. The first kappa shape index (κ1) is 49.8. The number of carbonyl (C=O) groups excluding carboxylic acids is 6. The number of hydrogen-bond acceptors (Lipinski definition) is 12. The molecule has 40 heavy (non-hydrogen) atoms. The third kappa shape index (κ3) is 23.6. The Labute approximate surface area is 297 Å². The summed E-state index contributed by atoms with van der Waals surface area (Å²) in [6.07, 6.45) is 3.30. The van der Waals surface area contributed by atoms with E-state index in [1.165, 1.54) is 0 Å². The number of aliphatic hydroxyl groups excluding tert-OH is 2. The molecule has 0 aliphatic carbocycles. The van der Waals surface area contributed by atoms with Crippen LogP contribution in [0, 0.1) is 0 Å². The number of nitrogens with one attached hydrogen (secondary N) is 4. The van der Waals surface area contributed by atoms with Crippen molar-refractivity contribution in [3.05, 3.63) is 0 Å². The molecule has 0 aromatic carbocycles. The van der Waals surface area contributed by atoms with Crippen LogP contribution in [-0.4, -0.2) is 163 Å². The monoisotopic (exact) mass is 750 g/mol. The second-order valence-corrected chi connectivity index (χ2v) is 10.6. The van der Waals surface area contributed by atoms with Crippen LogP contribution in [0.5, 0.6) is 0 Å². The molecule has 4 amide bonds. The summed E-state index contributed by atoms with van der Waals surface area (Å²) in [7, 11) is 8.84. The van der Waals surface area contributed by atoms with Crippen molar-refractivity contribution in [1.29, 1.82) is 0 Å². The molecule has 0 aromatic rings. The molecular weight excluding hydrogens is 716 g/mol. The molecule has 14 nitrogen and oxygen atoms in total. The molecule has 0 aliphatic heterocycles. The van der Waals surface area contributed by atoms with E-state index in [-0.39, 0.29) is 107 Å². The van der Waals surface area contributed by atoms with E-state index >= 15 is 0 Å². The SMILES string of the molecule is CN(C)CC(=O)N[C@@H](CO)C(=O)N[C@H]([C-]=O)CSSC[C@H]([C-]=O)NC(=O)[C@@H](CO)NC(=O)CN(C)C.[B].[B].[Y].[Y]. The van der Waals surface area contributed by atoms with Gasteiger partial charge in [0.05, 0.1) is 26.3 Å².